The Hall–Kier alpha value is -2.37. The van der Waals surface area contributed by atoms with Crippen LogP contribution in [0.25, 0.3) is 0 Å². The third-order valence-corrected chi connectivity index (χ3v) is 6.55. The van der Waals surface area contributed by atoms with Crippen molar-refractivity contribution >= 4 is 23.4 Å². The molecule has 1 aromatic carbocycles. The van der Waals surface area contributed by atoms with E-state index in [9.17, 15) is 14.4 Å². The van der Waals surface area contributed by atoms with Crippen molar-refractivity contribution in [3.63, 3.8) is 0 Å². The summed E-state index contributed by atoms with van der Waals surface area (Å²) in [5.41, 5.74) is 2.05. The maximum Gasteiger partial charge on any atom is 0.246 e. The van der Waals surface area contributed by atoms with Crippen LogP contribution in [0.3, 0.4) is 0 Å². The summed E-state index contributed by atoms with van der Waals surface area (Å²) in [6.07, 6.45) is 5.37. The van der Waals surface area contributed by atoms with Gasteiger partial charge in [-0.1, -0.05) is 73.4 Å². The number of carbonyl (C=O) groups excluding carboxylic acids is 3. The smallest absolute Gasteiger partial charge is 0.246 e. The Morgan fingerprint density at radius 1 is 0.882 bits per heavy atom. The third kappa shape index (κ3) is 10.3. The van der Waals surface area contributed by atoms with Crippen molar-refractivity contribution in [3.05, 3.63) is 29.8 Å². The maximum atomic E-state index is 12.9. The van der Waals surface area contributed by atoms with Crippen molar-refractivity contribution in [2.75, 3.05) is 5.32 Å². The normalized spacial score (nSPS) is 14.9. The molecule has 0 fully saturated rings. The quantitative estimate of drug-likeness (QED) is 0.335. The Bertz CT molecular complexity index is 789. The summed E-state index contributed by atoms with van der Waals surface area (Å²) in [7, 11) is 0. The van der Waals surface area contributed by atoms with Crippen LogP contribution >= 0.6 is 0 Å². The molecule has 0 spiro atoms. The largest absolute Gasteiger partial charge is 0.344 e. The first kappa shape index (κ1) is 29.7. The van der Waals surface area contributed by atoms with Gasteiger partial charge in [0, 0.05) is 12.1 Å². The van der Waals surface area contributed by atoms with E-state index in [1.165, 1.54) is 5.56 Å². The molecule has 3 N–H and O–H groups in total. The van der Waals surface area contributed by atoms with Gasteiger partial charge in [0.05, 0.1) is 0 Å². The summed E-state index contributed by atoms with van der Waals surface area (Å²) in [5, 5.41) is 8.50. The van der Waals surface area contributed by atoms with Crippen molar-refractivity contribution in [1.82, 2.24) is 10.6 Å². The number of amides is 3. The number of anilines is 1. The number of carbonyl (C=O) groups is 3. The predicted molar refractivity (Wildman–Crippen MR) is 141 cm³/mol. The van der Waals surface area contributed by atoms with E-state index in [2.05, 4.69) is 50.6 Å². The molecule has 0 aliphatic rings. The minimum Gasteiger partial charge on any atom is -0.344 e. The summed E-state index contributed by atoms with van der Waals surface area (Å²) in [6.45, 7) is 16.3. The molecule has 0 bridgehead atoms. The molecule has 0 radical (unpaired) electrons. The van der Waals surface area contributed by atoms with Gasteiger partial charge in [-0.2, -0.15) is 0 Å². The van der Waals surface area contributed by atoms with Gasteiger partial charge in [0.1, 0.15) is 12.1 Å². The number of rotatable bonds is 14. The van der Waals surface area contributed by atoms with Crippen LogP contribution < -0.4 is 16.0 Å². The van der Waals surface area contributed by atoms with Gasteiger partial charge in [0.15, 0.2) is 0 Å². The van der Waals surface area contributed by atoms with E-state index in [0.29, 0.717) is 18.0 Å². The van der Waals surface area contributed by atoms with Crippen LogP contribution in [0.5, 0.6) is 0 Å². The van der Waals surface area contributed by atoms with Gasteiger partial charge in [-0.3, -0.25) is 14.4 Å². The molecule has 1 rings (SSSR count). The van der Waals surface area contributed by atoms with E-state index in [-0.39, 0.29) is 29.1 Å². The molecule has 0 heterocycles. The zero-order valence-electron chi connectivity index (χ0n) is 22.6. The summed E-state index contributed by atoms with van der Waals surface area (Å²) in [6, 6.07) is 6.36. The zero-order valence-corrected chi connectivity index (χ0v) is 22.6. The molecule has 6 nitrogen and oxygen atoms in total. The Kier molecular flexibility index (Phi) is 12.3. The highest BCUT2D eigenvalue weighted by Gasteiger charge is 2.28. The first-order valence-electron chi connectivity index (χ1n) is 12.9. The molecule has 192 valence electrons. The molecule has 2 unspecified atom stereocenters. The monoisotopic (exact) mass is 473 g/mol. The topological polar surface area (TPSA) is 87.3 Å². The van der Waals surface area contributed by atoms with E-state index in [1.54, 1.807) is 6.92 Å². The first-order chi connectivity index (χ1) is 15.9. The SMILES string of the molecule is CCCC(C)(CC)CCC(=O)NC(C(=O)N[C@@H](C)C(=O)Nc1ccc(CC(C)C)cc1)C(C)C. The lowest BCUT2D eigenvalue weighted by molar-refractivity contribution is -0.132. The molecule has 0 aliphatic heterocycles. The lowest BCUT2D eigenvalue weighted by Crippen LogP contribution is -2.53. The molecular formula is C28H47N3O3. The molecule has 0 saturated carbocycles. The fourth-order valence-electron chi connectivity index (χ4n) is 4.09. The van der Waals surface area contributed by atoms with Crippen LogP contribution in [-0.4, -0.2) is 29.8 Å². The second kappa shape index (κ2) is 14.1. The van der Waals surface area contributed by atoms with E-state index in [1.807, 2.05) is 38.1 Å². The standard InChI is InChI=1S/C28H47N3O3/c1-9-16-28(8,10-2)17-15-24(32)31-25(20(5)6)27(34)29-21(7)26(33)30-23-13-11-22(12-14-23)18-19(3)4/h11-14,19-21,25H,9-10,15-18H2,1-8H3,(H,29,34)(H,30,33)(H,31,32)/t21-,25?,28?/m0/s1. The van der Waals surface area contributed by atoms with Crippen LogP contribution in [0.2, 0.25) is 0 Å². The highest BCUT2D eigenvalue weighted by atomic mass is 16.2. The van der Waals surface area contributed by atoms with Gasteiger partial charge in [-0.15, -0.1) is 0 Å². The Balaban J connectivity index is 2.65. The summed E-state index contributed by atoms with van der Waals surface area (Å²) < 4.78 is 0. The van der Waals surface area contributed by atoms with Gasteiger partial charge in [0.2, 0.25) is 17.7 Å². The molecule has 3 atom stereocenters. The van der Waals surface area contributed by atoms with Gasteiger partial charge in [-0.25, -0.2) is 0 Å². The van der Waals surface area contributed by atoms with Crippen molar-refractivity contribution in [1.29, 1.82) is 0 Å². The second-order valence-corrected chi connectivity index (χ2v) is 10.7. The van der Waals surface area contributed by atoms with Crippen LogP contribution in [0.1, 0.15) is 93.1 Å². The number of hydrogen-bond donors (Lipinski definition) is 3. The van der Waals surface area contributed by atoms with E-state index in [0.717, 1.165) is 32.1 Å². The molecule has 1 aromatic rings. The predicted octanol–water partition coefficient (Wildman–Crippen LogP) is 5.47. The fraction of sp³-hybridized carbons (Fsp3) is 0.679. The summed E-state index contributed by atoms with van der Waals surface area (Å²) >= 11 is 0. The molecule has 0 aliphatic carbocycles. The van der Waals surface area contributed by atoms with Crippen LogP contribution in [0, 0.1) is 17.3 Å². The fourth-order valence-corrected chi connectivity index (χ4v) is 4.09. The Morgan fingerprint density at radius 3 is 2.00 bits per heavy atom. The highest BCUT2D eigenvalue weighted by Crippen LogP contribution is 2.32. The minimum atomic E-state index is -0.728. The van der Waals surface area contributed by atoms with Gasteiger partial charge in [0.25, 0.3) is 0 Å². The molecule has 0 saturated heterocycles. The van der Waals surface area contributed by atoms with Crippen molar-refractivity contribution < 1.29 is 14.4 Å². The van der Waals surface area contributed by atoms with Crippen LogP contribution in [0.15, 0.2) is 24.3 Å². The third-order valence-electron chi connectivity index (χ3n) is 6.55. The van der Waals surface area contributed by atoms with E-state index < -0.39 is 12.1 Å². The second-order valence-electron chi connectivity index (χ2n) is 10.7. The molecule has 6 heteroatoms. The zero-order chi connectivity index (χ0) is 25.9. The molecular weight excluding hydrogens is 426 g/mol. The first-order valence-corrected chi connectivity index (χ1v) is 12.9. The molecule has 0 aromatic heterocycles. The lowest BCUT2D eigenvalue weighted by atomic mass is 9.79. The van der Waals surface area contributed by atoms with E-state index in [4.69, 9.17) is 0 Å². The Morgan fingerprint density at radius 2 is 1.50 bits per heavy atom. The van der Waals surface area contributed by atoms with Gasteiger partial charge < -0.3 is 16.0 Å². The summed E-state index contributed by atoms with van der Waals surface area (Å²) in [4.78, 5) is 38.1. The summed E-state index contributed by atoms with van der Waals surface area (Å²) in [5.74, 6) is -0.288. The van der Waals surface area contributed by atoms with E-state index >= 15 is 0 Å². The number of benzene rings is 1. The van der Waals surface area contributed by atoms with Crippen molar-refractivity contribution in [2.45, 2.75) is 106 Å². The van der Waals surface area contributed by atoms with Crippen molar-refractivity contribution in [2.24, 2.45) is 17.3 Å². The highest BCUT2D eigenvalue weighted by molar-refractivity contribution is 5.98. The van der Waals surface area contributed by atoms with Crippen molar-refractivity contribution in [3.8, 4) is 0 Å². The van der Waals surface area contributed by atoms with Gasteiger partial charge >= 0.3 is 0 Å². The van der Waals surface area contributed by atoms with Crippen LogP contribution in [0.4, 0.5) is 5.69 Å². The maximum absolute atomic E-state index is 12.9. The Labute approximate surface area is 207 Å². The molecule has 34 heavy (non-hydrogen) atoms. The van der Waals surface area contributed by atoms with Gasteiger partial charge in [-0.05, 0) is 61.1 Å². The number of nitrogens with one attached hydrogen (secondary N) is 3. The van der Waals surface area contributed by atoms with Crippen LogP contribution in [-0.2, 0) is 20.8 Å². The minimum absolute atomic E-state index is 0.0964. The number of hydrogen-bond acceptors (Lipinski definition) is 3. The average Bonchev–Trinajstić information content (AvgIpc) is 2.76. The molecule has 3 amide bonds. The lowest BCUT2D eigenvalue weighted by Gasteiger charge is -2.28. The average molecular weight is 474 g/mol.